The van der Waals surface area contributed by atoms with Crippen molar-refractivity contribution in [1.29, 1.82) is 0 Å². The van der Waals surface area contributed by atoms with Crippen LogP contribution in [0.5, 0.6) is 0 Å². The molecule has 0 spiro atoms. The van der Waals surface area contributed by atoms with Gasteiger partial charge in [-0.25, -0.2) is 9.37 Å². The second-order valence-corrected chi connectivity index (χ2v) is 4.49. The maximum absolute atomic E-state index is 13.0. The van der Waals surface area contributed by atoms with E-state index in [2.05, 4.69) is 4.98 Å². The monoisotopic (exact) mass is 252 g/mol. The zero-order valence-corrected chi connectivity index (χ0v) is 10.2. The third kappa shape index (κ3) is 2.81. The summed E-state index contributed by atoms with van der Waals surface area (Å²) in [6.45, 7) is 0.469. The topological polar surface area (TPSA) is 36.4 Å². The average Bonchev–Trinajstić information content (AvgIpc) is 2.81. The van der Waals surface area contributed by atoms with Gasteiger partial charge in [0.1, 0.15) is 5.82 Å². The van der Waals surface area contributed by atoms with Crippen molar-refractivity contribution in [3.63, 3.8) is 0 Å². The van der Waals surface area contributed by atoms with Crippen LogP contribution in [0.15, 0.2) is 29.1 Å². The largest absolute Gasteiger partial charge is 0.392 e. The standard InChI is InChI=1S/C12H13FN2OS/c1-15(5-11-7-17-8-14-11)12-3-2-10(13)4-9(12)6-16/h2-4,7-8,16H,5-6H2,1H3. The number of benzene rings is 1. The van der Waals surface area contributed by atoms with Crippen LogP contribution in [0.4, 0.5) is 10.1 Å². The van der Waals surface area contributed by atoms with Gasteiger partial charge >= 0.3 is 0 Å². The van der Waals surface area contributed by atoms with Crippen LogP contribution in [0.2, 0.25) is 0 Å². The molecule has 5 heteroatoms. The number of hydrogen-bond donors (Lipinski definition) is 1. The lowest BCUT2D eigenvalue weighted by Crippen LogP contribution is -2.18. The first-order valence-electron chi connectivity index (χ1n) is 5.18. The highest BCUT2D eigenvalue weighted by Crippen LogP contribution is 2.22. The molecule has 0 saturated carbocycles. The van der Waals surface area contributed by atoms with E-state index in [-0.39, 0.29) is 12.4 Å². The molecular formula is C12H13FN2OS. The first-order valence-corrected chi connectivity index (χ1v) is 6.12. The molecule has 0 aliphatic carbocycles. The number of nitrogens with zero attached hydrogens (tertiary/aromatic N) is 2. The minimum atomic E-state index is -0.333. The fraction of sp³-hybridized carbons (Fsp3) is 0.250. The molecule has 0 amide bonds. The first-order chi connectivity index (χ1) is 8.20. The Bertz CT molecular complexity index is 487. The number of thiazole rings is 1. The molecule has 0 radical (unpaired) electrons. The van der Waals surface area contributed by atoms with Crippen molar-refractivity contribution in [1.82, 2.24) is 4.98 Å². The van der Waals surface area contributed by atoms with Gasteiger partial charge < -0.3 is 10.0 Å². The molecule has 0 fully saturated rings. The van der Waals surface area contributed by atoms with Crippen molar-refractivity contribution in [2.45, 2.75) is 13.2 Å². The summed E-state index contributed by atoms with van der Waals surface area (Å²) in [6, 6.07) is 4.42. The summed E-state index contributed by atoms with van der Waals surface area (Å²) in [5.41, 5.74) is 4.15. The number of aromatic nitrogens is 1. The normalized spacial score (nSPS) is 10.5. The predicted molar refractivity (Wildman–Crippen MR) is 66.5 cm³/mol. The quantitative estimate of drug-likeness (QED) is 0.907. The Morgan fingerprint density at radius 3 is 2.94 bits per heavy atom. The average molecular weight is 252 g/mol. The minimum absolute atomic E-state index is 0.172. The summed E-state index contributed by atoms with van der Waals surface area (Å²) < 4.78 is 13.0. The molecule has 0 bridgehead atoms. The Labute approximate surface area is 103 Å². The molecule has 0 saturated heterocycles. The first kappa shape index (κ1) is 12.0. The predicted octanol–water partition coefficient (Wildman–Crippen LogP) is 2.41. The number of aliphatic hydroxyl groups excluding tert-OH is 1. The molecule has 1 aromatic carbocycles. The lowest BCUT2D eigenvalue weighted by molar-refractivity contribution is 0.281. The van der Waals surface area contributed by atoms with Gasteiger partial charge in [-0.1, -0.05) is 0 Å². The lowest BCUT2D eigenvalue weighted by Gasteiger charge is -2.21. The summed E-state index contributed by atoms with van der Waals surface area (Å²) >= 11 is 1.54. The van der Waals surface area contributed by atoms with Crippen molar-refractivity contribution in [2.24, 2.45) is 0 Å². The van der Waals surface area contributed by atoms with E-state index in [4.69, 9.17) is 0 Å². The molecule has 3 nitrogen and oxygen atoms in total. The van der Waals surface area contributed by atoms with Crippen LogP contribution in [0, 0.1) is 5.82 Å². The molecule has 17 heavy (non-hydrogen) atoms. The minimum Gasteiger partial charge on any atom is -0.392 e. The molecule has 2 rings (SSSR count). The summed E-state index contributed by atoms with van der Waals surface area (Å²) in [5.74, 6) is -0.333. The van der Waals surface area contributed by atoms with Crippen LogP contribution < -0.4 is 4.90 Å². The van der Waals surface area contributed by atoms with Gasteiger partial charge in [0, 0.05) is 23.7 Å². The van der Waals surface area contributed by atoms with E-state index < -0.39 is 0 Å². The van der Waals surface area contributed by atoms with Gasteiger partial charge in [0.25, 0.3) is 0 Å². The highest BCUT2D eigenvalue weighted by atomic mass is 32.1. The van der Waals surface area contributed by atoms with Crippen LogP contribution in [-0.2, 0) is 13.2 Å². The van der Waals surface area contributed by atoms with Crippen LogP contribution >= 0.6 is 11.3 Å². The molecule has 0 aliphatic heterocycles. The number of anilines is 1. The van der Waals surface area contributed by atoms with Crippen LogP contribution in [-0.4, -0.2) is 17.1 Å². The molecule has 1 N–H and O–H groups in total. The van der Waals surface area contributed by atoms with Crippen molar-refractivity contribution in [2.75, 3.05) is 11.9 Å². The van der Waals surface area contributed by atoms with E-state index in [0.717, 1.165) is 11.4 Å². The number of halogens is 1. The van der Waals surface area contributed by atoms with Gasteiger partial charge in [0.15, 0.2) is 0 Å². The molecule has 0 aliphatic rings. The van der Waals surface area contributed by atoms with Crippen molar-refractivity contribution >= 4 is 17.0 Å². The van der Waals surface area contributed by atoms with Gasteiger partial charge in [-0.2, -0.15) is 0 Å². The van der Waals surface area contributed by atoms with Gasteiger partial charge in [-0.15, -0.1) is 11.3 Å². The molecule has 1 heterocycles. The zero-order chi connectivity index (χ0) is 12.3. The molecule has 1 aromatic heterocycles. The third-order valence-corrected chi connectivity index (χ3v) is 3.14. The number of hydrogen-bond acceptors (Lipinski definition) is 4. The number of aliphatic hydroxyl groups is 1. The summed E-state index contributed by atoms with van der Waals surface area (Å²) in [5, 5.41) is 11.2. The van der Waals surface area contributed by atoms with E-state index in [0.29, 0.717) is 12.1 Å². The molecule has 2 aromatic rings. The summed E-state index contributed by atoms with van der Waals surface area (Å²) in [4.78, 5) is 6.14. The lowest BCUT2D eigenvalue weighted by atomic mass is 10.1. The Morgan fingerprint density at radius 2 is 2.29 bits per heavy atom. The van der Waals surface area contributed by atoms with Crippen molar-refractivity contribution in [3.05, 3.63) is 46.2 Å². The van der Waals surface area contributed by atoms with Gasteiger partial charge in [-0.05, 0) is 18.2 Å². The molecule has 0 atom stereocenters. The van der Waals surface area contributed by atoms with Crippen LogP contribution in [0.25, 0.3) is 0 Å². The second-order valence-electron chi connectivity index (χ2n) is 3.77. The van der Waals surface area contributed by atoms with Crippen molar-refractivity contribution < 1.29 is 9.50 Å². The van der Waals surface area contributed by atoms with Crippen molar-refractivity contribution in [3.8, 4) is 0 Å². The highest BCUT2D eigenvalue weighted by Gasteiger charge is 2.09. The second kappa shape index (κ2) is 5.25. The third-order valence-electron chi connectivity index (χ3n) is 2.51. The SMILES string of the molecule is CN(Cc1cscn1)c1ccc(F)cc1CO. The zero-order valence-electron chi connectivity index (χ0n) is 9.43. The summed E-state index contributed by atoms with van der Waals surface area (Å²) in [6.07, 6.45) is 0. The molecular weight excluding hydrogens is 239 g/mol. The van der Waals surface area contributed by atoms with E-state index in [1.165, 1.54) is 12.1 Å². The molecule has 90 valence electrons. The smallest absolute Gasteiger partial charge is 0.123 e. The van der Waals surface area contributed by atoms with E-state index >= 15 is 0 Å². The maximum Gasteiger partial charge on any atom is 0.123 e. The Morgan fingerprint density at radius 1 is 1.47 bits per heavy atom. The Hall–Kier alpha value is -1.46. The van der Waals surface area contributed by atoms with E-state index in [1.807, 2.05) is 17.3 Å². The fourth-order valence-corrected chi connectivity index (χ4v) is 2.25. The highest BCUT2D eigenvalue weighted by molar-refractivity contribution is 7.07. The van der Waals surface area contributed by atoms with E-state index in [1.54, 1.807) is 22.9 Å². The Balaban J connectivity index is 2.21. The van der Waals surface area contributed by atoms with Crippen LogP contribution in [0.1, 0.15) is 11.3 Å². The van der Waals surface area contributed by atoms with Gasteiger partial charge in [-0.3, -0.25) is 0 Å². The fourth-order valence-electron chi connectivity index (χ4n) is 1.70. The van der Waals surface area contributed by atoms with Gasteiger partial charge in [0.05, 0.1) is 24.4 Å². The van der Waals surface area contributed by atoms with Crippen LogP contribution in [0.3, 0.4) is 0 Å². The number of rotatable bonds is 4. The van der Waals surface area contributed by atoms with E-state index in [9.17, 15) is 9.50 Å². The molecule has 0 unspecified atom stereocenters. The Kier molecular flexibility index (Phi) is 3.71. The summed E-state index contributed by atoms with van der Waals surface area (Å²) in [7, 11) is 1.89. The van der Waals surface area contributed by atoms with Gasteiger partial charge in [0.2, 0.25) is 0 Å². The maximum atomic E-state index is 13.0.